The molecule has 186 valence electrons. The van der Waals surface area contributed by atoms with E-state index in [2.05, 4.69) is 15.7 Å². The summed E-state index contributed by atoms with van der Waals surface area (Å²) >= 11 is 5.75. The lowest BCUT2D eigenvalue weighted by Crippen LogP contribution is -2.24. The van der Waals surface area contributed by atoms with Crippen LogP contribution < -0.4 is 20.1 Å². The highest BCUT2D eigenvalue weighted by Gasteiger charge is 2.31. The number of amides is 3. The summed E-state index contributed by atoms with van der Waals surface area (Å²) in [7, 11) is 3.12. The Hall–Kier alpha value is -4.11. The maximum Gasteiger partial charge on any atom is 0.323 e. The highest BCUT2D eigenvalue weighted by Crippen LogP contribution is 2.35. The zero-order valence-electron chi connectivity index (χ0n) is 19.8. The van der Waals surface area contributed by atoms with E-state index in [4.69, 9.17) is 21.1 Å². The molecule has 3 amide bonds. The highest BCUT2D eigenvalue weighted by molar-refractivity contribution is 6.31. The van der Waals surface area contributed by atoms with Gasteiger partial charge in [-0.3, -0.25) is 4.79 Å². The summed E-state index contributed by atoms with van der Waals surface area (Å²) in [6.07, 6.45) is 0.496. The second kappa shape index (κ2) is 10.7. The van der Waals surface area contributed by atoms with Gasteiger partial charge in [-0.05, 0) is 48.0 Å². The van der Waals surface area contributed by atoms with Gasteiger partial charge in [-0.25, -0.2) is 14.2 Å². The summed E-state index contributed by atoms with van der Waals surface area (Å²) in [5, 5.41) is 11.0. The monoisotopic (exact) mass is 510 g/mol. The number of carbonyl (C=O) groups excluding carboxylic acids is 2. The summed E-state index contributed by atoms with van der Waals surface area (Å²) in [5.74, 6) is 0.271. The minimum absolute atomic E-state index is 0.0282. The van der Waals surface area contributed by atoms with Crippen LogP contribution in [0.3, 0.4) is 0 Å². The molecule has 3 aromatic rings. The van der Waals surface area contributed by atoms with Crippen LogP contribution >= 0.6 is 11.6 Å². The van der Waals surface area contributed by atoms with Crippen LogP contribution in [0.4, 0.5) is 20.6 Å². The second-order valence-electron chi connectivity index (χ2n) is 8.00. The van der Waals surface area contributed by atoms with E-state index in [1.165, 1.54) is 30.1 Å². The molecular weight excluding hydrogens is 487 g/mol. The fourth-order valence-electron chi connectivity index (χ4n) is 3.92. The van der Waals surface area contributed by atoms with Gasteiger partial charge in [0.15, 0.2) is 17.3 Å². The first kappa shape index (κ1) is 25.0. The quantitative estimate of drug-likeness (QED) is 0.436. The lowest BCUT2D eigenvalue weighted by atomic mass is 9.98. The van der Waals surface area contributed by atoms with Crippen molar-refractivity contribution in [3.63, 3.8) is 0 Å². The molecule has 8 nitrogen and oxygen atoms in total. The third-order valence-corrected chi connectivity index (χ3v) is 5.99. The summed E-state index contributed by atoms with van der Waals surface area (Å²) in [6.45, 7) is 1.46. The minimum atomic E-state index is -0.708. The van der Waals surface area contributed by atoms with Crippen molar-refractivity contribution < 1.29 is 23.5 Å². The van der Waals surface area contributed by atoms with Gasteiger partial charge >= 0.3 is 6.03 Å². The van der Waals surface area contributed by atoms with Gasteiger partial charge < -0.3 is 20.1 Å². The molecule has 3 aromatic carbocycles. The number of rotatable bonds is 6. The molecule has 0 aliphatic carbocycles. The van der Waals surface area contributed by atoms with Gasteiger partial charge in [0.2, 0.25) is 5.91 Å². The molecule has 0 radical (unpaired) electrons. The van der Waals surface area contributed by atoms with Crippen molar-refractivity contribution in [2.24, 2.45) is 5.10 Å². The predicted octanol–water partition coefficient (Wildman–Crippen LogP) is 5.84. The van der Waals surface area contributed by atoms with Crippen molar-refractivity contribution in [3.8, 4) is 11.5 Å². The van der Waals surface area contributed by atoms with Gasteiger partial charge in [0.05, 0.1) is 36.7 Å². The van der Waals surface area contributed by atoms with E-state index in [-0.39, 0.29) is 22.7 Å². The van der Waals surface area contributed by atoms with E-state index in [0.717, 1.165) is 16.8 Å². The van der Waals surface area contributed by atoms with Gasteiger partial charge in [-0.1, -0.05) is 29.8 Å². The van der Waals surface area contributed by atoms with Gasteiger partial charge in [-0.15, -0.1) is 0 Å². The maximum atomic E-state index is 14.0. The van der Waals surface area contributed by atoms with Crippen LogP contribution in [0.15, 0.2) is 65.8 Å². The topological polar surface area (TPSA) is 92.3 Å². The zero-order chi connectivity index (χ0) is 25.8. The first-order valence-electron chi connectivity index (χ1n) is 11.0. The highest BCUT2D eigenvalue weighted by atomic mass is 35.5. The van der Waals surface area contributed by atoms with E-state index in [1.54, 1.807) is 32.4 Å². The standard InChI is InChI=1S/C26H24ClFN4O4/c1-15(33)32-22(14-21(31-32)17-9-12-23(35-2)24(13-17)36-3)16-7-10-18(11-8-16)29-26(34)30-20-6-4-5-19(27)25(20)28/h4-13,22H,14H2,1-3H3,(H2,29,30,34). The maximum absolute atomic E-state index is 14.0. The molecule has 0 bridgehead atoms. The minimum Gasteiger partial charge on any atom is -0.493 e. The normalized spacial score (nSPS) is 14.8. The lowest BCUT2D eigenvalue weighted by Gasteiger charge is -2.20. The average Bonchev–Trinajstić information content (AvgIpc) is 3.33. The molecule has 1 heterocycles. The summed E-state index contributed by atoms with van der Waals surface area (Å²) in [4.78, 5) is 24.6. The number of urea groups is 1. The Kier molecular flexibility index (Phi) is 7.40. The number of ether oxygens (including phenoxy) is 2. The largest absolute Gasteiger partial charge is 0.493 e. The van der Waals surface area contributed by atoms with E-state index in [1.807, 2.05) is 24.3 Å². The molecule has 0 fully saturated rings. The van der Waals surface area contributed by atoms with Crippen molar-refractivity contribution in [1.29, 1.82) is 0 Å². The predicted molar refractivity (Wildman–Crippen MR) is 136 cm³/mol. The van der Waals surface area contributed by atoms with Crippen LogP contribution in [0.5, 0.6) is 11.5 Å². The Balaban J connectivity index is 1.48. The third-order valence-electron chi connectivity index (χ3n) is 5.70. The molecule has 4 rings (SSSR count). The van der Waals surface area contributed by atoms with Crippen molar-refractivity contribution in [1.82, 2.24) is 5.01 Å². The number of hydrogen-bond acceptors (Lipinski definition) is 5. The van der Waals surface area contributed by atoms with Crippen molar-refractivity contribution in [2.75, 3.05) is 24.9 Å². The number of nitrogens with zero attached hydrogens (tertiary/aromatic N) is 2. The van der Waals surface area contributed by atoms with Crippen LogP contribution in [0, 0.1) is 5.82 Å². The van der Waals surface area contributed by atoms with Crippen LogP contribution in [0.1, 0.15) is 30.5 Å². The Labute approximate surface area is 212 Å². The average molecular weight is 511 g/mol. The lowest BCUT2D eigenvalue weighted by molar-refractivity contribution is -0.130. The Morgan fingerprint density at radius 2 is 1.75 bits per heavy atom. The molecule has 0 spiro atoms. The molecule has 1 aliphatic heterocycles. The van der Waals surface area contributed by atoms with Crippen LogP contribution in [0.25, 0.3) is 0 Å². The SMILES string of the molecule is COc1ccc(C2=NN(C(C)=O)C(c3ccc(NC(=O)Nc4cccc(Cl)c4F)cc3)C2)cc1OC. The molecule has 2 N–H and O–H groups in total. The Morgan fingerprint density at radius 3 is 2.42 bits per heavy atom. The van der Waals surface area contributed by atoms with Crippen molar-refractivity contribution in [2.45, 2.75) is 19.4 Å². The van der Waals surface area contributed by atoms with E-state index in [9.17, 15) is 14.0 Å². The zero-order valence-corrected chi connectivity index (χ0v) is 20.6. The molecule has 36 heavy (non-hydrogen) atoms. The van der Waals surface area contributed by atoms with Gasteiger partial charge in [0, 0.05) is 24.6 Å². The number of hydrazone groups is 1. The van der Waals surface area contributed by atoms with Crippen molar-refractivity contribution >= 4 is 40.6 Å². The number of carbonyl (C=O) groups is 2. The number of anilines is 2. The number of methoxy groups -OCH3 is 2. The summed E-state index contributed by atoms with van der Waals surface area (Å²) in [5.41, 5.74) is 2.87. The van der Waals surface area contributed by atoms with E-state index >= 15 is 0 Å². The summed E-state index contributed by atoms with van der Waals surface area (Å²) in [6, 6.07) is 15.9. The third kappa shape index (κ3) is 5.26. The fourth-order valence-corrected chi connectivity index (χ4v) is 4.10. The number of hydrogen-bond donors (Lipinski definition) is 2. The Bertz CT molecular complexity index is 1330. The van der Waals surface area contributed by atoms with Crippen LogP contribution in [0.2, 0.25) is 5.02 Å². The second-order valence-corrected chi connectivity index (χ2v) is 8.41. The molecule has 1 atom stereocenters. The van der Waals surface area contributed by atoms with Crippen molar-refractivity contribution in [3.05, 3.63) is 82.6 Å². The molecule has 0 saturated heterocycles. The van der Waals surface area contributed by atoms with Gasteiger partial charge in [0.25, 0.3) is 0 Å². The van der Waals surface area contributed by atoms with E-state index < -0.39 is 11.8 Å². The van der Waals surface area contributed by atoms with Gasteiger partial charge in [0.1, 0.15) is 0 Å². The molecule has 1 unspecified atom stereocenters. The number of halogens is 2. The first-order chi connectivity index (χ1) is 17.3. The van der Waals surface area contributed by atoms with Crippen LogP contribution in [-0.4, -0.2) is 36.9 Å². The number of nitrogens with one attached hydrogen (secondary N) is 2. The molecule has 0 saturated carbocycles. The molecule has 10 heteroatoms. The smallest absolute Gasteiger partial charge is 0.323 e. The number of benzene rings is 3. The molecule has 0 aromatic heterocycles. The molecular formula is C26H24ClFN4O4. The summed E-state index contributed by atoms with van der Waals surface area (Å²) < 4.78 is 24.7. The first-order valence-corrected chi connectivity index (χ1v) is 11.4. The van der Waals surface area contributed by atoms with Crippen LogP contribution in [-0.2, 0) is 4.79 Å². The fraction of sp³-hybridized carbons (Fsp3) is 0.192. The van der Waals surface area contributed by atoms with Gasteiger partial charge in [-0.2, -0.15) is 5.10 Å². The molecule has 1 aliphatic rings. The van der Waals surface area contributed by atoms with E-state index in [0.29, 0.717) is 23.6 Å². The Morgan fingerprint density at radius 1 is 1.03 bits per heavy atom.